The molecule has 2 aromatic rings. The van der Waals surface area contributed by atoms with E-state index in [1.165, 1.54) is 38.5 Å². The molecule has 0 bridgehead atoms. The van der Waals surface area contributed by atoms with Crippen LogP contribution in [0, 0.1) is 0 Å². The van der Waals surface area contributed by atoms with Gasteiger partial charge >= 0.3 is 0 Å². The number of aromatic nitrogens is 3. The molecule has 0 radical (unpaired) electrons. The van der Waals surface area contributed by atoms with Crippen LogP contribution in [-0.4, -0.2) is 14.5 Å². The minimum absolute atomic E-state index is 0.493. The van der Waals surface area contributed by atoms with Gasteiger partial charge in [0.2, 0.25) is 0 Å². The van der Waals surface area contributed by atoms with E-state index in [1.807, 2.05) is 18.3 Å². The Morgan fingerprint density at radius 2 is 2.00 bits per heavy atom. The van der Waals surface area contributed by atoms with Crippen LogP contribution in [0.2, 0.25) is 0 Å². The first kappa shape index (κ1) is 11.7. The van der Waals surface area contributed by atoms with Crippen molar-refractivity contribution in [2.75, 3.05) is 0 Å². The van der Waals surface area contributed by atoms with Crippen LogP contribution < -0.4 is 5.73 Å². The van der Waals surface area contributed by atoms with E-state index in [1.54, 1.807) is 0 Å². The summed E-state index contributed by atoms with van der Waals surface area (Å²) >= 11 is 0. The van der Waals surface area contributed by atoms with E-state index in [9.17, 15) is 0 Å². The lowest BCUT2D eigenvalue weighted by Gasteiger charge is -2.18. The minimum atomic E-state index is 0.493. The average molecular weight is 244 g/mol. The number of pyridine rings is 1. The second kappa shape index (κ2) is 5.06. The molecule has 1 saturated carbocycles. The second-order valence-electron chi connectivity index (χ2n) is 5.09. The van der Waals surface area contributed by atoms with Gasteiger partial charge in [0.1, 0.15) is 11.3 Å². The molecule has 0 aliphatic heterocycles. The van der Waals surface area contributed by atoms with Gasteiger partial charge in [-0.3, -0.25) is 0 Å². The molecule has 0 atom stereocenters. The summed E-state index contributed by atoms with van der Waals surface area (Å²) in [5, 5.41) is 0. The Balaban J connectivity index is 2.07. The van der Waals surface area contributed by atoms with Crippen LogP contribution in [0.5, 0.6) is 0 Å². The standard InChI is InChI=1S/C14H20N4/c15-10-13-17-12-8-5-9-16-14(12)18(13)11-6-3-1-2-4-7-11/h5,8-9,11H,1-4,6-7,10,15H2. The molecular weight excluding hydrogens is 224 g/mol. The molecule has 0 aromatic carbocycles. The molecule has 0 spiro atoms. The third kappa shape index (κ3) is 2.01. The number of nitrogens with two attached hydrogens (primary N) is 1. The van der Waals surface area contributed by atoms with Crippen molar-refractivity contribution >= 4 is 11.2 Å². The fourth-order valence-electron chi connectivity index (χ4n) is 3.02. The fraction of sp³-hybridized carbons (Fsp3) is 0.571. The summed E-state index contributed by atoms with van der Waals surface area (Å²) in [6, 6.07) is 4.49. The minimum Gasteiger partial charge on any atom is -0.324 e. The Bertz CT molecular complexity index is 524. The zero-order chi connectivity index (χ0) is 12.4. The van der Waals surface area contributed by atoms with Gasteiger partial charge in [-0.1, -0.05) is 25.7 Å². The van der Waals surface area contributed by atoms with Crippen molar-refractivity contribution in [3.63, 3.8) is 0 Å². The molecule has 0 saturated heterocycles. The smallest absolute Gasteiger partial charge is 0.160 e. The van der Waals surface area contributed by atoms with Gasteiger partial charge in [0.15, 0.2) is 5.65 Å². The highest BCUT2D eigenvalue weighted by molar-refractivity contribution is 5.71. The van der Waals surface area contributed by atoms with Crippen LogP contribution >= 0.6 is 0 Å². The van der Waals surface area contributed by atoms with Crippen molar-refractivity contribution in [1.82, 2.24) is 14.5 Å². The molecule has 4 heteroatoms. The first-order valence-corrected chi connectivity index (χ1v) is 6.92. The van der Waals surface area contributed by atoms with Crippen molar-refractivity contribution in [2.45, 2.75) is 51.1 Å². The van der Waals surface area contributed by atoms with Gasteiger partial charge < -0.3 is 10.3 Å². The number of fused-ring (bicyclic) bond motifs is 1. The predicted molar refractivity (Wildman–Crippen MR) is 72.2 cm³/mol. The van der Waals surface area contributed by atoms with Crippen molar-refractivity contribution < 1.29 is 0 Å². The lowest BCUT2D eigenvalue weighted by molar-refractivity contribution is 0.438. The highest BCUT2D eigenvalue weighted by Gasteiger charge is 2.20. The Labute approximate surface area is 107 Å². The average Bonchev–Trinajstić information content (AvgIpc) is 2.59. The van der Waals surface area contributed by atoms with Crippen molar-refractivity contribution in [3.05, 3.63) is 24.2 Å². The molecule has 0 unspecified atom stereocenters. The molecule has 0 amide bonds. The predicted octanol–water partition coefficient (Wildman–Crippen LogP) is 2.79. The van der Waals surface area contributed by atoms with Gasteiger partial charge in [-0.05, 0) is 25.0 Å². The van der Waals surface area contributed by atoms with E-state index in [4.69, 9.17) is 5.73 Å². The van der Waals surface area contributed by atoms with Crippen LogP contribution in [0.15, 0.2) is 18.3 Å². The Morgan fingerprint density at radius 1 is 1.22 bits per heavy atom. The molecule has 3 rings (SSSR count). The van der Waals surface area contributed by atoms with Crippen molar-refractivity contribution in [3.8, 4) is 0 Å². The van der Waals surface area contributed by atoms with E-state index in [2.05, 4.69) is 14.5 Å². The van der Waals surface area contributed by atoms with Crippen molar-refractivity contribution in [2.24, 2.45) is 5.73 Å². The molecule has 4 nitrogen and oxygen atoms in total. The molecule has 2 N–H and O–H groups in total. The van der Waals surface area contributed by atoms with Gasteiger partial charge in [-0.25, -0.2) is 9.97 Å². The van der Waals surface area contributed by atoms with Gasteiger partial charge in [0.05, 0.1) is 6.54 Å². The number of hydrogen-bond acceptors (Lipinski definition) is 3. The summed E-state index contributed by atoms with van der Waals surface area (Å²) in [4.78, 5) is 9.11. The van der Waals surface area contributed by atoms with Gasteiger partial charge in [0, 0.05) is 12.2 Å². The normalized spacial score (nSPS) is 18.1. The third-order valence-corrected chi connectivity index (χ3v) is 3.89. The van der Waals surface area contributed by atoms with Gasteiger partial charge in [-0.15, -0.1) is 0 Å². The molecule has 18 heavy (non-hydrogen) atoms. The van der Waals surface area contributed by atoms with E-state index in [0.717, 1.165) is 17.0 Å². The highest BCUT2D eigenvalue weighted by Crippen LogP contribution is 2.30. The monoisotopic (exact) mass is 244 g/mol. The van der Waals surface area contributed by atoms with E-state index in [0.29, 0.717) is 12.6 Å². The van der Waals surface area contributed by atoms with Gasteiger partial charge in [0.25, 0.3) is 0 Å². The first-order chi connectivity index (χ1) is 8.90. The largest absolute Gasteiger partial charge is 0.324 e. The van der Waals surface area contributed by atoms with Crippen LogP contribution in [0.1, 0.15) is 50.4 Å². The Morgan fingerprint density at radius 3 is 2.72 bits per heavy atom. The maximum atomic E-state index is 5.85. The highest BCUT2D eigenvalue weighted by atomic mass is 15.2. The molecular formula is C14H20N4. The summed E-state index contributed by atoms with van der Waals surface area (Å²) in [7, 11) is 0. The Kier molecular flexibility index (Phi) is 3.28. The molecule has 2 aromatic heterocycles. The van der Waals surface area contributed by atoms with Gasteiger partial charge in [-0.2, -0.15) is 0 Å². The number of rotatable bonds is 2. The summed E-state index contributed by atoms with van der Waals surface area (Å²) in [5.74, 6) is 0.982. The topological polar surface area (TPSA) is 56.7 Å². The zero-order valence-corrected chi connectivity index (χ0v) is 10.7. The molecule has 1 aliphatic rings. The zero-order valence-electron chi connectivity index (χ0n) is 10.7. The molecule has 2 heterocycles. The van der Waals surface area contributed by atoms with Crippen LogP contribution in [-0.2, 0) is 6.54 Å². The van der Waals surface area contributed by atoms with Crippen LogP contribution in [0.4, 0.5) is 0 Å². The maximum absolute atomic E-state index is 5.85. The molecule has 1 aliphatic carbocycles. The lowest BCUT2D eigenvalue weighted by atomic mass is 10.1. The third-order valence-electron chi connectivity index (χ3n) is 3.89. The first-order valence-electron chi connectivity index (χ1n) is 6.92. The van der Waals surface area contributed by atoms with E-state index < -0.39 is 0 Å². The van der Waals surface area contributed by atoms with E-state index >= 15 is 0 Å². The maximum Gasteiger partial charge on any atom is 0.160 e. The number of imidazole rings is 1. The SMILES string of the molecule is NCc1nc2cccnc2n1C1CCCCCC1. The Hall–Kier alpha value is -1.42. The number of nitrogens with zero attached hydrogens (tertiary/aromatic N) is 3. The molecule has 1 fully saturated rings. The van der Waals surface area contributed by atoms with E-state index in [-0.39, 0.29) is 0 Å². The lowest BCUT2D eigenvalue weighted by Crippen LogP contribution is -2.15. The number of hydrogen-bond donors (Lipinski definition) is 1. The summed E-state index contributed by atoms with van der Waals surface area (Å²) < 4.78 is 2.29. The second-order valence-corrected chi connectivity index (χ2v) is 5.09. The fourth-order valence-corrected chi connectivity index (χ4v) is 3.02. The summed E-state index contributed by atoms with van der Waals surface area (Å²) in [6.45, 7) is 0.493. The summed E-state index contributed by atoms with van der Waals surface area (Å²) in [6.07, 6.45) is 9.63. The van der Waals surface area contributed by atoms with Crippen LogP contribution in [0.3, 0.4) is 0 Å². The van der Waals surface area contributed by atoms with Crippen LogP contribution in [0.25, 0.3) is 11.2 Å². The van der Waals surface area contributed by atoms with Crippen molar-refractivity contribution in [1.29, 1.82) is 0 Å². The summed E-state index contributed by atoms with van der Waals surface area (Å²) in [5.41, 5.74) is 7.83. The molecule has 96 valence electrons. The quantitative estimate of drug-likeness (QED) is 0.826.